The summed E-state index contributed by atoms with van der Waals surface area (Å²) in [4.78, 5) is 0. The average Bonchev–Trinajstić information content (AvgIpc) is 2.77. The summed E-state index contributed by atoms with van der Waals surface area (Å²) < 4.78 is 0.816. The number of rotatable bonds is 3. The van der Waals surface area contributed by atoms with Gasteiger partial charge in [-0.25, -0.2) is 0 Å². The van der Waals surface area contributed by atoms with Gasteiger partial charge >= 0.3 is 0 Å². The number of phenols is 1. The smallest absolute Gasteiger partial charge is 0.133 e. The molecule has 1 unspecified atom stereocenters. The molecule has 0 aliphatic carbocycles. The summed E-state index contributed by atoms with van der Waals surface area (Å²) in [6, 6.07) is 4.69. The third kappa shape index (κ3) is 3.02. The van der Waals surface area contributed by atoms with Gasteiger partial charge in [-0.3, -0.25) is 0 Å². The van der Waals surface area contributed by atoms with E-state index in [2.05, 4.69) is 41.2 Å². The largest absolute Gasteiger partial charge is 0.506 e. The highest BCUT2D eigenvalue weighted by Gasteiger charge is 2.18. The molecule has 0 aromatic heterocycles. The minimum atomic E-state index is 0.406. The van der Waals surface area contributed by atoms with Gasteiger partial charge in [-0.2, -0.15) is 0 Å². The standard InChI is InChI=1S/C14H20BrNO/c1-9(2)10-6-11(14(17)13(15)8-10)7-12-4-3-5-16-12/h6,8-9,12,16-17H,3-5,7H2,1-2H3. The molecule has 1 aromatic rings. The zero-order chi connectivity index (χ0) is 12.4. The van der Waals surface area contributed by atoms with Crippen molar-refractivity contribution < 1.29 is 5.11 Å². The highest BCUT2D eigenvalue weighted by Crippen LogP contribution is 2.33. The first-order valence-corrected chi connectivity index (χ1v) is 7.12. The zero-order valence-corrected chi connectivity index (χ0v) is 12.0. The zero-order valence-electron chi connectivity index (χ0n) is 10.5. The van der Waals surface area contributed by atoms with Gasteiger partial charge in [-0.1, -0.05) is 19.9 Å². The third-order valence-electron chi connectivity index (χ3n) is 3.46. The van der Waals surface area contributed by atoms with Crippen LogP contribution in [0.5, 0.6) is 5.75 Å². The van der Waals surface area contributed by atoms with Crippen LogP contribution >= 0.6 is 15.9 Å². The summed E-state index contributed by atoms with van der Waals surface area (Å²) in [5, 5.41) is 13.6. The second-order valence-corrected chi connectivity index (χ2v) is 6.02. The maximum Gasteiger partial charge on any atom is 0.133 e. The first kappa shape index (κ1) is 12.9. The van der Waals surface area contributed by atoms with E-state index < -0.39 is 0 Å². The van der Waals surface area contributed by atoms with Crippen molar-refractivity contribution in [2.45, 2.75) is 45.1 Å². The first-order chi connectivity index (χ1) is 8.08. The summed E-state index contributed by atoms with van der Waals surface area (Å²) in [5.74, 6) is 0.894. The van der Waals surface area contributed by atoms with Crippen LogP contribution < -0.4 is 5.32 Å². The average molecular weight is 298 g/mol. The molecule has 0 bridgehead atoms. The maximum atomic E-state index is 10.1. The van der Waals surface area contributed by atoms with E-state index in [9.17, 15) is 5.11 Å². The molecule has 0 amide bonds. The first-order valence-electron chi connectivity index (χ1n) is 6.32. The lowest BCUT2D eigenvalue weighted by Crippen LogP contribution is -2.23. The van der Waals surface area contributed by atoms with E-state index in [1.807, 2.05) is 6.07 Å². The predicted octanol–water partition coefficient (Wildman–Crippen LogP) is 3.57. The summed E-state index contributed by atoms with van der Waals surface area (Å²) >= 11 is 3.44. The fraction of sp³-hybridized carbons (Fsp3) is 0.571. The Morgan fingerprint density at radius 2 is 2.24 bits per heavy atom. The second-order valence-electron chi connectivity index (χ2n) is 5.16. The van der Waals surface area contributed by atoms with E-state index in [4.69, 9.17) is 0 Å². The molecular formula is C14H20BrNO. The Balaban J connectivity index is 2.24. The molecule has 0 saturated carbocycles. The van der Waals surface area contributed by atoms with Crippen molar-refractivity contribution in [3.63, 3.8) is 0 Å². The molecule has 1 fully saturated rings. The topological polar surface area (TPSA) is 32.3 Å². The van der Waals surface area contributed by atoms with Crippen molar-refractivity contribution in [3.8, 4) is 5.75 Å². The van der Waals surface area contributed by atoms with E-state index in [-0.39, 0.29) is 0 Å². The van der Waals surface area contributed by atoms with Crippen LogP contribution in [-0.4, -0.2) is 17.7 Å². The molecule has 0 spiro atoms. The molecule has 1 aromatic carbocycles. The molecule has 1 atom stereocenters. The number of phenolic OH excluding ortho intramolecular Hbond substituents is 1. The molecule has 1 saturated heterocycles. The van der Waals surface area contributed by atoms with Gasteiger partial charge in [0, 0.05) is 6.04 Å². The number of aromatic hydroxyl groups is 1. The number of nitrogens with one attached hydrogen (secondary N) is 1. The molecular weight excluding hydrogens is 278 g/mol. The second kappa shape index (κ2) is 5.40. The molecule has 17 heavy (non-hydrogen) atoms. The lowest BCUT2D eigenvalue weighted by Gasteiger charge is -2.15. The van der Waals surface area contributed by atoms with Crippen molar-refractivity contribution in [2.75, 3.05) is 6.54 Å². The van der Waals surface area contributed by atoms with Gasteiger partial charge in [0.15, 0.2) is 0 Å². The maximum absolute atomic E-state index is 10.1. The monoisotopic (exact) mass is 297 g/mol. The molecule has 1 aliphatic rings. The normalized spacial score (nSPS) is 20.1. The lowest BCUT2D eigenvalue weighted by molar-refractivity contribution is 0.458. The molecule has 1 heterocycles. The van der Waals surface area contributed by atoms with Crippen LogP contribution in [0.15, 0.2) is 16.6 Å². The minimum Gasteiger partial charge on any atom is -0.506 e. The molecule has 94 valence electrons. The van der Waals surface area contributed by atoms with Gasteiger partial charge in [-0.05, 0) is 64.8 Å². The van der Waals surface area contributed by atoms with Gasteiger partial charge in [-0.15, -0.1) is 0 Å². The minimum absolute atomic E-state index is 0.406. The Labute approximate surface area is 112 Å². The van der Waals surface area contributed by atoms with Gasteiger partial charge < -0.3 is 10.4 Å². The summed E-state index contributed by atoms with van der Waals surface area (Å²) in [7, 11) is 0. The van der Waals surface area contributed by atoms with Crippen molar-refractivity contribution >= 4 is 15.9 Å². The summed E-state index contributed by atoms with van der Waals surface area (Å²) in [6.45, 7) is 5.46. The van der Waals surface area contributed by atoms with Gasteiger partial charge in [0.1, 0.15) is 5.75 Å². The van der Waals surface area contributed by atoms with Crippen molar-refractivity contribution in [2.24, 2.45) is 0 Å². The molecule has 2 nitrogen and oxygen atoms in total. The predicted molar refractivity (Wildman–Crippen MR) is 74.6 cm³/mol. The lowest BCUT2D eigenvalue weighted by atomic mass is 9.96. The van der Waals surface area contributed by atoms with Crippen LogP contribution in [0.4, 0.5) is 0 Å². The fourth-order valence-corrected chi connectivity index (χ4v) is 2.88. The molecule has 1 aliphatic heterocycles. The molecule has 2 N–H and O–H groups in total. The Bertz CT molecular complexity index is 397. The Morgan fingerprint density at radius 1 is 1.47 bits per heavy atom. The van der Waals surface area contributed by atoms with E-state index in [1.165, 1.54) is 18.4 Å². The van der Waals surface area contributed by atoms with E-state index >= 15 is 0 Å². The Kier molecular flexibility index (Phi) is 4.10. The van der Waals surface area contributed by atoms with Crippen LogP contribution in [-0.2, 0) is 6.42 Å². The molecule has 2 rings (SSSR count). The number of benzene rings is 1. The van der Waals surface area contributed by atoms with Crippen molar-refractivity contribution in [1.29, 1.82) is 0 Å². The summed E-state index contributed by atoms with van der Waals surface area (Å²) in [5.41, 5.74) is 2.34. The fourth-order valence-electron chi connectivity index (χ4n) is 2.36. The van der Waals surface area contributed by atoms with Gasteiger partial charge in [0.05, 0.1) is 4.47 Å². The van der Waals surface area contributed by atoms with Crippen LogP contribution in [0, 0.1) is 0 Å². The van der Waals surface area contributed by atoms with Crippen LogP contribution in [0.3, 0.4) is 0 Å². The van der Waals surface area contributed by atoms with E-state index in [0.717, 1.165) is 23.0 Å². The molecule has 3 heteroatoms. The third-order valence-corrected chi connectivity index (χ3v) is 4.06. The van der Waals surface area contributed by atoms with Crippen molar-refractivity contribution in [3.05, 3.63) is 27.7 Å². The number of hydrogen-bond acceptors (Lipinski definition) is 2. The van der Waals surface area contributed by atoms with Crippen LogP contribution in [0.2, 0.25) is 0 Å². The highest BCUT2D eigenvalue weighted by molar-refractivity contribution is 9.10. The van der Waals surface area contributed by atoms with E-state index in [1.54, 1.807) is 0 Å². The van der Waals surface area contributed by atoms with Crippen LogP contribution in [0.25, 0.3) is 0 Å². The van der Waals surface area contributed by atoms with E-state index in [0.29, 0.717) is 17.7 Å². The number of halogens is 1. The SMILES string of the molecule is CC(C)c1cc(Br)c(O)c(CC2CCCN2)c1. The summed E-state index contributed by atoms with van der Waals surface area (Å²) in [6.07, 6.45) is 3.38. The van der Waals surface area contributed by atoms with Gasteiger partial charge in [0.2, 0.25) is 0 Å². The quantitative estimate of drug-likeness (QED) is 0.894. The Hall–Kier alpha value is -0.540. The van der Waals surface area contributed by atoms with Crippen molar-refractivity contribution in [1.82, 2.24) is 5.32 Å². The Morgan fingerprint density at radius 3 is 2.82 bits per heavy atom. The molecule has 0 radical (unpaired) electrons. The number of hydrogen-bond donors (Lipinski definition) is 2. The van der Waals surface area contributed by atoms with Crippen LogP contribution in [0.1, 0.15) is 43.7 Å². The highest BCUT2D eigenvalue weighted by atomic mass is 79.9. The van der Waals surface area contributed by atoms with Gasteiger partial charge in [0.25, 0.3) is 0 Å².